The Balaban J connectivity index is 0.000000204. The first-order valence-corrected chi connectivity index (χ1v) is 26.6. The van der Waals surface area contributed by atoms with E-state index < -0.39 is 0 Å². The van der Waals surface area contributed by atoms with Crippen molar-refractivity contribution < 1.29 is 52.8 Å². The molecule has 16 heteroatoms. The molecule has 0 amide bonds. The number of halogens is 1. The van der Waals surface area contributed by atoms with Gasteiger partial charge in [-0.25, -0.2) is 9.97 Å². The quantitative estimate of drug-likeness (QED) is 0.0683. The maximum Gasteiger partial charge on any atom is 1.00 e. The van der Waals surface area contributed by atoms with Crippen molar-refractivity contribution in [1.82, 2.24) is 56.2 Å². The molecule has 0 saturated carbocycles. The minimum atomic E-state index is 0. The number of H-pyrrole nitrogens is 2. The largest absolute Gasteiger partial charge is 1.00 e. The summed E-state index contributed by atoms with van der Waals surface area (Å²) in [6.45, 7) is 22.5. The summed E-state index contributed by atoms with van der Waals surface area (Å²) in [6.07, 6.45) is 6.91. The van der Waals surface area contributed by atoms with Crippen LogP contribution in [0.1, 0.15) is 65.2 Å². The van der Waals surface area contributed by atoms with Crippen LogP contribution in [0.25, 0.3) is 66.9 Å². The Morgan fingerprint density at radius 3 is 1.38 bits per heavy atom. The Kier molecular flexibility index (Phi) is 20.1. The number of para-hydroxylation sites is 2. The first-order valence-electron chi connectivity index (χ1n) is 25.4. The molecule has 6 N–H and O–H groups in total. The van der Waals surface area contributed by atoms with Crippen LogP contribution < -0.4 is 72.7 Å². The van der Waals surface area contributed by atoms with Crippen LogP contribution in [0, 0.1) is 0 Å². The number of aromatic nitrogens is 8. The number of anilines is 2. The van der Waals surface area contributed by atoms with Gasteiger partial charge < -0.3 is 32.7 Å². The third-order valence-electron chi connectivity index (χ3n) is 13.8. The van der Waals surface area contributed by atoms with E-state index in [1.807, 2.05) is 18.2 Å². The Hall–Kier alpha value is -5.03. The molecular formula is C60H72BrKN13P. The van der Waals surface area contributed by atoms with Gasteiger partial charge in [-0.15, -0.1) is 0 Å². The van der Waals surface area contributed by atoms with Gasteiger partial charge >= 0.3 is 51.4 Å². The van der Waals surface area contributed by atoms with Gasteiger partial charge in [-0.05, 0) is 81.6 Å². The summed E-state index contributed by atoms with van der Waals surface area (Å²) >= 11 is 3.40. The molecule has 2 fully saturated rings. The molecule has 390 valence electrons. The van der Waals surface area contributed by atoms with Crippen molar-refractivity contribution in [3.8, 4) is 22.8 Å². The van der Waals surface area contributed by atoms with Crippen LogP contribution in [-0.4, -0.2) is 97.1 Å². The van der Waals surface area contributed by atoms with Crippen LogP contribution >= 0.6 is 25.8 Å². The molecule has 10 aromatic rings. The smallest absolute Gasteiger partial charge is 1.00 e. The van der Waals surface area contributed by atoms with Crippen molar-refractivity contribution in [3.05, 3.63) is 168 Å². The number of imidazole rings is 2. The molecule has 2 aliphatic heterocycles. The van der Waals surface area contributed by atoms with Gasteiger partial charge in [0.05, 0.1) is 44.5 Å². The van der Waals surface area contributed by atoms with Crippen LogP contribution in [0.4, 0.5) is 11.4 Å². The second kappa shape index (κ2) is 26.1. The van der Waals surface area contributed by atoms with Gasteiger partial charge in [0, 0.05) is 100 Å². The minimum absolute atomic E-state index is 0. The van der Waals surface area contributed by atoms with E-state index in [2.05, 4.69) is 211 Å². The van der Waals surface area contributed by atoms with E-state index in [-0.39, 0.29) is 79.7 Å². The number of fused-ring (bicyclic) bond motifs is 4. The molecule has 13 nitrogen and oxygen atoms in total. The summed E-state index contributed by atoms with van der Waals surface area (Å²) in [5.74, 6) is 1.87. The molecule has 76 heavy (non-hydrogen) atoms. The number of hydrogen-bond donors (Lipinski definition) is 4. The summed E-state index contributed by atoms with van der Waals surface area (Å²) in [5.41, 5.74) is 18.3. The van der Waals surface area contributed by atoms with E-state index in [0.29, 0.717) is 0 Å². The average Bonchev–Trinajstić information content (AvgIpc) is 4.08. The Labute approximate surface area is 503 Å². The van der Waals surface area contributed by atoms with Gasteiger partial charge in [-0.3, -0.25) is 24.8 Å². The van der Waals surface area contributed by atoms with Crippen LogP contribution in [0.3, 0.4) is 0 Å². The van der Waals surface area contributed by atoms with Gasteiger partial charge in [0.15, 0.2) is 0 Å². The average molecular weight is 1130 g/mol. The van der Waals surface area contributed by atoms with E-state index in [1.165, 1.54) is 33.6 Å². The number of aromatic amines is 2. The monoisotopic (exact) mass is 1120 g/mol. The topological polar surface area (TPSA) is 166 Å². The molecule has 0 spiro atoms. The molecule has 1 atom stereocenters. The molecule has 0 radical (unpaired) electrons. The maximum atomic E-state index is 5.04. The Morgan fingerprint density at radius 1 is 0.513 bits per heavy atom. The third kappa shape index (κ3) is 14.0. The van der Waals surface area contributed by atoms with Gasteiger partial charge in [0.1, 0.15) is 22.7 Å². The fourth-order valence-corrected chi connectivity index (χ4v) is 9.93. The number of nitrogens with zero attached hydrogens (tertiary/aromatic N) is 9. The van der Waals surface area contributed by atoms with E-state index in [1.54, 1.807) is 24.8 Å². The van der Waals surface area contributed by atoms with Gasteiger partial charge in [-0.1, -0.05) is 130 Å². The fraction of sp³-hybridized carbons (Fsp3) is 0.300. The standard InChI is InChI=1S/C30H32N6.C21H26N4.C9H7BrN2.K.H3N.H3P.H/c1-30(2,3)23-10-8-22(9-11-23)29-33-25-5-4-6-27(28(25)34-29)36-17-15-35(16-18-36)20-21-7-12-24-26(19-21)32-14-13-31-24;1-21(2,3)16-9-7-15(8-10-16)20-23-17-5-4-6-18(19(17)24-20)25-13-11-22-12-14-25;10-6-7-1-2-8-9(5-7)12-4-3-11-8;;;;/h4-14,19H,15-18,20H2,1-3H3,(H,33,34);4-10,22H,11-14H2,1-3H3,(H,23,24);1-5H,6H2;;2*1H3;/q;;;+1;;;-1. The SMILES string of the molecule is BrCc1ccc2nccnc2c1.CC(C)(C)c1ccc(-c2nc3c(N4CCN(Cc5ccc6nccnc6c5)CC4)cccc3[nH]2)cc1.CC(C)(C)c1ccc(-c2nc3c(N4CCNCC4)cccc3[nH]2)cc1.N.P.[H-].[K+]. The van der Waals surface area contributed by atoms with E-state index >= 15 is 0 Å². The van der Waals surface area contributed by atoms with Crippen molar-refractivity contribution >= 4 is 81.3 Å². The summed E-state index contributed by atoms with van der Waals surface area (Å²) in [4.78, 5) is 41.6. The first kappa shape index (κ1) is 58.6. The molecule has 2 saturated heterocycles. The molecule has 4 aromatic heterocycles. The zero-order chi connectivity index (χ0) is 50.5. The number of nitrogens with one attached hydrogen (secondary N) is 3. The summed E-state index contributed by atoms with van der Waals surface area (Å²) in [5, 5.41) is 4.27. The van der Waals surface area contributed by atoms with Gasteiger partial charge in [0.25, 0.3) is 0 Å². The zero-order valence-corrected chi connectivity index (χ0v) is 51.4. The van der Waals surface area contributed by atoms with Crippen molar-refractivity contribution in [2.45, 2.75) is 64.2 Å². The van der Waals surface area contributed by atoms with Gasteiger partial charge in [0.2, 0.25) is 0 Å². The Bertz CT molecular complexity index is 3470. The number of rotatable bonds is 7. The van der Waals surface area contributed by atoms with Crippen LogP contribution in [-0.2, 0) is 22.7 Å². The number of benzene rings is 6. The molecule has 0 aliphatic carbocycles. The molecule has 0 bridgehead atoms. The molecule has 6 heterocycles. The normalized spacial score (nSPS) is 14.0. The van der Waals surface area contributed by atoms with Crippen LogP contribution in [0.2, 0.25) is 0 Å². The van der Waals surface area contributed by atoms with E-state index in [9.17, 15) is 0 Å². The van der Waals surface area contributed by atoms with Gasteiger partial charge in [-0.2, -0.15) is 9.90 Å². The van der Waals surface area contributed by atoms with Crippen LogP contribution in [0.15, 0.2) is 146 Å². The molecular weight excluding hydrogens is 1050 g/mol. The number of piperazine rings is 2. The summed E-state index contributed by atoms with van der Waals surface area (Å²) in [7, 11) is 0. The molecule has 6 aromatic carbocycles. The number of hydrogen-bond acceptors (Lipinski definition) is 11. The molecule has 1 unspecified atom stereocenters. The van der Waals surface area contributed by atoms with Crippen molar-refractivity contribution in [2.75, 3.05) is 62.2 Å². The second-order valence-corrected chi connectivity index (χ2v) is 21.6. The molecule has 12 rings (SSSR count). The Morgan fingerprint density at radius 2 is 0.934 bits per heavy atom. The maximum absolute atomic E-state index is 5.04. The second-order valence-electron chi connectivity index (χ2n) is 21.1. The predicted molar refractivity (Wildman–Crippen MR) is 322 cm³/mol. The van der Waals surface area contributed by atoms with Crippen molar-refractivity contribution in [1.29, 1.82) is 0 Å². The predicted octanol–water partition coefficient (Wildman–Crippen LogP) is 9.59. The van der Waals surface area contributed by atoms with E-state index in [0.717, 1.165) is 131 Å². The van der Waals surface area contributed by atoms with Crippen LogP contribution in [0.5, 0.6) is 0 Å². The fourth-order valence-electron chi connectivity index (χ4n) is 9.58. The number of alkyl halides is 1. The summed E-state index contributed by atoms with van der Waals surface area (Å²) < 4.78 is 0. The van der Waals surface area contributed by atoms with Crippen molar-refractivity contribution in [3.63, 3.8) is 0 Å². The first-order chi connectivity index (χ1) is 35.4. The van der Waals surface area contributed by atoms with Crippen molar-refractivity contribution in [2.24, 2.45) is 0 Å². The van der Waals surface area contributed by atoms with E-state index in [4.69, 9.17) is 9.97 Å². The summed E-state index contributed by atoms with van der Waals surface area (Å²) in [6, 6.07) is 42.9. The third-order valence-corrected chi connectivity index (χ3v) is 14.5. The minimum Gasteiger partial charge on any atom is -1.00 e. The zero-order valence-electron chi connectivity index (χ0n) is 46.2. The molecule has 2 aliphatic rings.